The van der Waals surface area contributed by atoms with Crippen molar-refractivity contribution in [2.75, 3.05) is 12.0 Å². The van der Waals surface area contributed by atoms with Gasteiger partial charge in [-0.05, 0) is 54.2 Å². The molecule has 0 spiro atoms. The molecule has 1 saturated carbocycles. The zero-order valence-corrected chi connectivity index (χ0v) is 14.9. The van der Waals surface area contributed by atoms with Crippen LogP contribution < -0.4 is 10.5 Å². The normalized spacial score (nSPS) is 17.2. The number of halogens is 1. The monoisotopic (exact) mass is 363 g/mol. The van der Waals surface area contributed by atoms with Gasteiger partial charge in [-0.1, -0.05) is 18.9 Å². The molecule has 25 heavy (non-hydrogen) atoms. The third-order valence-corrected chi connectivity index (χ3v) is 5.37. The highest BCUT2D eigenvalue weighted by molar-refractivity contribution is 7.88. The molecule has 1 unspecified atom stereocenters. The van der Waals surface area contributed by atoms with E-state index in [-0.39, 0.29) is 5.69 Å². The number of aromatic nitrogens is 1. The minimum atomic E-state index is -3.53. The van der Waals surface area contributed by atoms with Crippen molar-refractivity contribution in [1.29, 1.82) is 0 Å². The Bertz CT molecular complexity index is 854. The van der Waals surface area contributed by atoms with Gasteiger partial charge in [0.1, 0.15) is 5.82 Å². The van der Waals surface area contributed by atoms with E-state index in [2.05, 4.69) is 9.71 Å². The first-order valence-corrected chi connectivity index (χ1v) is 10.1. The van der Waals surface area contributed by atoms with Gasteiger partial charge in [-0.2, -0.15) is 0 Å². The summed E-state index contributed by atoms with van der Waals surface area (Å²) in [7, 11) is -3.53. The fourth-order valence-corrected chi connectivity index (χ4v) is 4.18. The summed E-state index contributed by atoms with van der Waals surface area (Å²) in [5.74, 6) is 0.0919. The Kier molecular flexibility index (Phi) is 4.79. The summed E-state index contributed by atoms with van der Waals surface area (Å²) < 4.78 is 40.8. The van der Waals surface area contributed by atoms with Crippen molar-refractivity contribution in [1.82, 2.24) is 9.71 Å². The van der Waals surface area contributed by atoms with Crippen molar-refractivity contribution in [2.24, 2.45) is 5.92 Å². The van der Waals surface area contributed by atoms with E-state index in [1.54, 1.807) is 30.6 Å². The SMILES string of the molecule is CS(=O)(=O)NC(CCC1CC1)(c1ccncc1)c1ccc(F)c(N)c1. The third-order valence-electron chi connectivity index (χ3n) is 4.65. The van der Waals surface area contributed by atoms with Gasteiger partial charge in [0.25, 0.3) is 0 Å². The Balaban J connectivity index is 2.16. The predicted molar refractivity (Wildman–Crippen MR) is 95.8 cm³/mol. The lowest BCUT2D eigenvalue weighted by Crippen LogP contribution is -2.46. The van der Waals surface area contributed by atoms with E-state index in [0.29, 0.717) is 17.9 Å². The second kappa shape index (κ2) is 6.72. The topological polar surface area (TPSA) is 85.1 Å². The van der Waals surface area contributed by atoms with Crippen LogP contribution in [0.15, 0.2) is 42.7 Å². The number of nitrogen functional groups attached to an aromatic ring is 1. The number of hydrogen-bond donors (Lipinski definition) is 2. The molecule has 1 aliphatic rings. The number of hydrogen-bond acceptors (Lipinski definition) is 4. The molecule has 7 heteroatoms. The molecule has 2 aromatic rings. The van der Waals surface area contributed by atoms with Crippen LogP contribution in [0.5, 0.6) is 0 Å². The van der Waals surface area contributed by atoms with Crippen LogP contribution in [0.3, 0.4) is 0 Å². The molecule has 5 nitrogen and oxygen atoms in total. The molecule has 1 aromatic carbocycles. The molecule has 1 fully saturated rings. The minimum Gasteiger partial charge on any atom is -0.396 e. The van der Waals surface area contributed by atoms with E-state index >= 15 is 0 Å². The van der Waals surface area contributed by atoms with E-state index in [9.17, 15) is 12.8 Å². The molecule has 0 saturated heterocycles. The second-order valence-corrected chi connectivity index (χ2v) is 8.48. The van der Waals surface area contributed by atoms with Crippen molar-refractivity contribution in [3.05, 3.63) is 59.7 Å². The highest BCUT2D eigenvalue weighted by Crippen LogP contribution is 2.41. The minimum absolute atomic E-state index is 0.00217. The van der Waals surface area contributed by atoms with Crippen LogP contribution in [0.2, 0.25) is 0 Å². The molecule has 0 amide bonds. The lowest BCUT2D eigenvalue weighted by molar-refractivity contribution is 0.409. The number of nitrogens with one attached hydrogen (secondary N) is 1. The summed E-state index contributed by atoms with van der Waals surface area (Å²) in [4.78, 5) is 4.03. The number of benzene rings is 1. The first kappa shape index (κ1) is 17.8. The van der Waals surface area contributed by atoms with Crippen molar-refractivity contribution in [3.8, 4) is 0 Å². The standard InChI is InChI=1S/C18H22FN3O2S/c1-25(23,24)22-18(9-6-13-2-3-13,14-7-10-21-11-8-14)15-4-5-16(19)17(20)12-15/h4-5,7-8,10-13,22H,2-3,6,9,20H2,1H3. The number of pyridine rings is 1. The van der Waals surface area contributed by atoms with E-state index in [4.69, 9.17) is 5.73 Å². The van der Waals surface area contributed by atoms with Gasteiger partial charge in [0.2, 0.25) is 10.0 Å². The molecular weight excluding hydrogens is 341 g/mol. The third kappa shape index (κ3) is 4.16. The van der Waals surface area contributed by atoms with E-state index in [0.717, 1.165) is 31.1 Å². The molecule has 1 aliphatic carbocycles. The molecule has 134 valence electrons. The quantitative estimate of drug-likeness (QED) is 0.741. The van der Waals surface area contributed by atoms with Gasteiger partial charge >= 0.3 is 0 Å². The second-order valence-electron chi connectivity index (χ2n) is 6.73. The van der Waals surface area contributed by atoms with Crippen LogP contribution in [-0.2, 0) is 15.6 Å². The van der Waals surface area contributed by atoms with Crippen LogP contribution in [0.25, 0.3) is 0 Å². The van der Waals surface area contributed by atoms with E-state index in [1.807, 2.05) is 0 Å². The van der Waals surface area contributed by atoms with Gasteiger partial charge in [0.05, 0.1) is 17.5 Å². The molecule has 0 aliphatic heterocycles. The molecule has 1 aromatic heterocycles. The molecule has 0 bridgehead atoms. The molecule has 0 radical (unpaired) electrons. The lowest BCUT2D eigenvalue weighted by atomic mass is 9.79. The molecule has 3 rings (SSSR count). The van der Waals surface area contributed by atoms with Gasteiger partial charge in [-0.25, -0.2) is 17.5 Å². The lowest BCUT2D eigenvalue weighted by Gasteiger charge is -2.35. The Hall–Kier alpha value is -1.99. The Morgan fingerprint density at radius 2 is 1.92 bits per heavy atom. The largest absolute Gasteiger partial charge is 0.396 e. The van der Waals surface area contributed by atoms with Crippen LogP contribution in [0, 0.1) is 11.7 Å². The summed E-state index contributed by atoms with van der Waals surface area (Å²) in [5, 5.41) is 0. The maximum atomic E-state index is 13.7. The number of nitrogens with two attached hydrogens (primary N) is 1. The zero-order valence-electron chi connectivity index (χ0n) is 14.1. The van der Waals surface area contributed by atoms with Gasteiger partial charge in [0, 0.05) is 12.4 Å². The highest BCUT2D eigenvalue weighted by atomic mass is 32.2. The number of anilines is 1. The number of rotatable bonds is 7. The summed E-state index contributed by atoms with van der Waals surface area (Å²) in [6, 6.07) is 7.95. The first-order chi connectivity index (χ1) is 11.8. The fourth-order valence-electron chi connectivity index (χ4n) is 3.21. The molecule has 3 N–H and O–H groups in total. The highest BCUT2D eigenvalue weighted by Gasteiger charge is 2.39. The average molecular weight is 363 g/mol. The molecule has 1 atom stereocenters. The maximum absolute atomic E-state index is 13.7. The van der Waals surface area contributed by atoms with E-state index < -0.39 is 21.4 Å². The van der Waals surface area contributed by atoms with Crippen LogP contribution in [0.4, 0.5) is 10.1 Å². The summed E-state index contributed by atoms with van der Waals surface area (Å²) >= 11 is 0. The maximum Gasteiger partial charge on any atom is 0.209 e. The van der Waals surface area contributed by atoms with E-state index in [1.165, 1.54) is 12.1 Å². The Morgan fingerprint density at radius 3 is 2.48 bits per heavy atom. The molecular formula is C18H22FN3O2S. The Labute approximate surface area is 147 Å². The Morgan fingerprint density at radius 1 is 1.24 bits per heavy atom. The van der Waals surface area contributed by atoms with Gasteiger partial charge in [-0.3, -0.25) is 4.98 Å². The predicted octanol–water partition coefficient (Wildman–Crippen LogP) is 2.79. The molecule has 1 heterocycles. The van der Waals surface area contributed by atoms with Gasteiger partial charge in [-0.15, -0.1) is 0 Å². The van der Waals surface area contributed by atoms with Crippen molar-refractivity contribution >= 4 is 15.7 Å². The summed E-state index contributed by atoms with van der Waals surface area (Å²) in [5.41, 5.74) is 6.15. The number of sulfonamides is 1. The average Bonchev–Trinajstić information content (AvgIpc) is 3.38. The number of nitrogens with zero attached hydrogens (tertiary/aromatic N) is 1. The van der Waals surface area contributed by atoms with Crippen LogP contribution in [-0.4, -0.2) is 19.7 Å². The van der Waals surface area contributed by atoms with Crippen molar-refractivity contribution in [3.63, 3.8) is 0 Å². The van der Waals surface area contributed by atoms with Gasteiger partial charge < -0.3 is 5.73 Å². The van der Waals surface area contributed by atoms with Crippen molar-refractivity contribution in [2.45, 2.75) is 31.2 Å². The van der Waals surface area contributed by atoms with Gasteiger partial charge in [0.15, 0.2) is 0 Å². The van der Waals surface area contributed by atoms with Crippen LogP contribution in [0.1, 0.15) is 36.8 Å². The zero-order chi connectivity index (χ0) is 18.1. The smallest absolute Gasteiger partial charge is 0.209 e. The fraction of sp³-hybridized carbons (Fsp3) is 0.389. The summed E-state index contributed by atoms with van der Waals surface area (Å²) in [6.07, 6.45) is 8.15. The van der Waals surface area contributed by atoms with Crippen molar-refractivity contribution < 1.29 is 12.8 Å². The summed E-state index contributed by atoms with van der Waals surface area (Å²) in [6.45, 7) is 0. The van der Waals surface area contributed by atoms with Crippen LogP contribution >= 0.6 is 0 Å². The first-order valence-electron chi connectivity index (χ1n) is 8.25.